The molecule has 0 aliphatic carbocycles. The number of hydrogen-bond donors (Lipinski definition) is 2. The van der Waals surface area contributed by atoms with Gasteiger partial charge >= 0.3 is 0 Å². The predicted molar refractivity (Wildman–Crippen MR) is 78.0 cm³/mol. The average molecular weight is 269 g/mol. The Morgan fingerprint density at radius 3 is 3.00 bits per heavy atom. The minimum absolute atomic E-state index is 0.0394. The molecule has 2 aromatic heterocycles. The van der Waals surface area contributed by atoms with Crippen molar-refractivity contribution in [1.82, 2.24) is 15.0 Å². The van der Waals surface area contributed by atoms with Crippen LogP contribution in [0.25, 0.3) is 5.52 Å². The Labute approximate surface area is 118 Å². The molecule has 2 aliphatic rings. The van der Waals surface area contributed by atoms with Crippen molar-refractivity contribution in [3.8, 4) is 0 Å². The summed E-state index contributed by atoms with van der Waals surface area (Å²) in [5.74, 6) is 0.0394. The lowest BCUT2D eigenvalue weighted by molar-refractivity contribution is 0.0930. The molecule has 0 spiro atoms. The normalized spacial score (nSPS) is 28.1. The minimum Gasteiger partial charge on any atom is -0.348 e. The summed E-state index contributed by atoms with van der Waals surface area (Å²) in [5.41, 5.74) is 3.07. The van der Waals surface area contributed by atoms with Gasteiger partial charge in [0.25, 0.3) is 5.91 Å². The van der Waals surface area contributed by atoms with Crippen LogP contribution < -0.4 is 10.6 Å². The van der Waals surface area contributed by atoms with Crippen LogP contribution in [-0.2, 0) is 0 Å². The molecule has 2 saturated heterocycles. The highest BCUT2D eigenvalue weighted by Gasteiger charge is 2.39. The van der Waals surface area contributed by atoms with Crippen LogP contribution in [0.2, 0.25) is 0 Å². The maximum atomic E-state index is 12.4. The van der Waals surface area contributed by atoms with Gasteiger partial charge in [0.2, 0.25) is 0 Å². The summed E-state index contributed by atoms with van der Waals surface area (Å²) < 4.78 is 2.02. The zero-order chi connectivity index (χ0) is 13.7. The number of carbonyl (C=O) groups is 1. The van der Waals surface area contributed by atoms with Crippen LogP contribution in [0.3, 0.4) is 0 Å². The number of rotatable bonds is 2. The number of aromatic nitrogens is 1. The average Bonchev–Trinajstić information content (AvgIpc) is 3.10. The molecule has 4 nitrogen and oxygen atoms in total. The molecular formula is C16H19N3O. The van der Waals surface area contributed by atoms with Crippen molar-refractivity contribution in [1.29, 1.82) is 0 Å². The number of fused-ring (bicyclic) bond motifs is 3. The Morgan fingerprint density at radius 2 is 2.25 bits per heavy atom. The number of carbonyl (C=O) groups excluding carboxylic acids is 1. The van der Waals surface area contributed by atoms with Crippen molar-refractivity contribution < 1.29 is 4.79 Å². The Kier molecular flexibility index (Phi) is 2.60. The highest BCUT2D eigenvalue weighted by atomic mass is 16.1. The molecule has 2 N–H and O–H groups in total. The fourth-order valence-corrected chi connectivity index (χ4v) is 3.62. The van der Waals surface area contributed by atoms with Crippen LogP contribution in [0.1, 0.15) is 35.2 Å². The number of amides is 1. The maximum Gasteiger partial charge on any atom is 0.253 e. The molecule has 2 aliphatic heterocycles. The molecule has 2 bridgehead atoms. The van der Waals surface area contributed by atoms with Crippen LogP contribution in [0.15, 0.2) is 30.6 Å². The monoisotopic (exact) mass is 269 g/mol. The Bertz CT molecular complexity index is 675. The zero-order valence-electron chi connectivity index (χ0n) is 11.6. The molecule has 3 atom stereocenters. The smallest absolute Gasteiger partial charge is 0.253 e. The lowest BCUT2D eigenvalue weighted by Crippen LogP contribution is -2.42. The van der Waals surface area contributed by atoms with Gasteiger partial charge in [-0.2, -0.15) is 0 Å². The van der Waals surface area contributed by atoms with Crippen molar-refractivity contribution in [3.63, 3.8) is 0 Å². The van der Waals surface area contributed by atoms with Gasteiger partial charge in [-0.25, -0.2) is 0 Å². The van der Waals surface area contributed by atoms with Crippen LogP contribution in [-0.4, -0.2) is 28.4 Å². The van der Waals surface area contributed by atoms with E-state index >= 15 is 0 Å². The van der Waals surface area contributed by atoms with Crippen molar-refractivity contribution in [2.24, 2.45) is 0 Å². The maximum absolute atomic E-state index is 12.4. The molecule has 4 heterocycles. The van der Waals surface area contributed by atoms with E-state index in [1.165, 1.54) is 18.4 Å². The number of aryl methyl sites for hydroxylation is 1. The van der Waals surface area contributed by atoms with E-state index in [2.05, 4.69) is 23.6 Å². The van der Waals surface area contributed by atoms with Gasteiger partial charge in [0.05, 0.1) is 5.56 Å². The molecule has 1 amide bonds. The molecule has 3 unspecified atom stereocenters. The SMILES string of the molecule is Cc1cc2ccc(C(=O)NC3CC4CCC3N4)cn2c1. The topological polar surface area (TPSA) is 45.5 Å². The fourth-order valence-electron chi connectivity index (χ4n) is 3.62. The third-order valence-electron chi connectivity index (χ3n) is 4.61. The summed E-state index contributed by atoms with van der Waals surface area (Å²) in [5, 5.41) is 6.73. The first kappa shape index (κ1) is 12.0. The Balaban J connectivity index is 1.54. The van der Waals surface area contributed by atoms with Crippen LogP contribution in [0, 0.1) is 6.92 Å². The molecule has 0 saturated carbocycles. The molecule has 2 fully saturated rings. The molecule has 20 heavy (non-hydrogen) atoms. The summed E-state index contributed by atoms with van der Waals surface area (Å²) in [4.78, 5) is 12.4. The van der Waals surface area contributed by atoms with E-state index in [9.17, 15) is 4.79 Å². The van der Waals surface area contributed by atoms with Gasteiger partial charge in [-0.15, -0.1) is 0 Å². The summed E-state index contributed by atoms with van der Waals surface area (Å²) >= 11 is 0. The molecule has 4 heteroatoms. The van der Waals surface area contributed by atoms with E-state index in [0.29, 0.717) is 18.1 Å². The lowest BCUT2D eigenvalue weighted by atomic mass is 9.95. The lowest BCUT2D eigenvalue weighted by Gasteiger charge is -2.21. The van der Waals surface area contributed by atoms with Gasteiger partial charge < -0.3 is 15.0 Å². The van der Waals surface area contributed by atoms with Crippen molar-refractivity contribution in [3.05, 3.63) is 41.7 Å². The second kappa shape index (κ2) is 4.35. The molecule has 0 aromatic carbocycles. The number of pyridine rings is 1. The molecular weight excluding hydrogens is 250 g/mol. The number of nitrogens with one attached hydrogen (secondary N) is 2. The van der Waals surface area contributed by atoms with Gasteiger partial charge in [-0.3, -0.25) is 4.79 Å². The molecule has 0 radical (unpaired) electrons. The first-order valence-corrected chi connectivity index (χ1v) is 7.34. The van der Waals surface area contributed by atoms with Gasteiger partial charge in [0.15, 0.2) is 0 Å². The van der Waals surface area contributed by atoms with E-state index in [4.69, 9.17) is 0 Å². The molecule has 2 aromatic rings. The highest BCUT2D eigenvalue weighted by molar-refractivity contribution is 5.94. The number of nitrogens with zero attached hydrogens (tertiary/aromatic N) is 1. The Hall–Kier alpha value is -1.81. The summed E-state index contributed by atoms with van der Waals surface area (Å²) in [6.07, 6.45) is 7.47. The van der Waals surface area contributed by atoms with E-state index in [-0.39, 0.29) is 5.91 Å². The summed E-state index contributed by atoms with van der Waals surface area (Å²) in [6.45, 7) is 2.06. The van der Waals surface area contributed by atoms with E-state index in [1.54, 1.807) is 0 Å². The van der Waals surface area contributed by atoms with Crippen molar-refractivity contribution >= 4 is 11.4 Å². The van der Waals surface area contributed by atoms with Crippen LogP contribution in [0.5, 0.6) is 0 Å². The van der Waals surface area contributed by atoms with E-state index in [0.717, 1.165) is 17.5 Å². The van der Waals surface area contributed by atoms with E-state index < -0.39 is 0 Å². The Morgan fingerprint density at radius 1 is 1.35 bits per heavy atom. The fraction of sp³-hybridized carbons (Fsp3) is 0.438. The largest absolute Gasteiger partial charge is 0.348 e. The van der Waals surface area contributed by atoms with E-state index in [1.807, 2.05) is 28.9 Å². The third kappa shape index (κ3) is 1.91. The third-order valence-corrected chi connectivity index (χ3v) is 4.61. The standard InChI is InChI=1S/C16H19N3O/c1-10-6-13-4-2-11(9-19(13)8-10)16(20)18-15-7-12-3-5-14(15)17-12/h2,4,6,8-9,12,14-15,17H,3,5,7H2,1H3,(H,18,20). The predicted octanol–water partition coefficient (Wildman–Crippen LogP) is 1.87. The minimum atomic E-state index is 0.0394. The van der Waals surface area contributed by atoms with Crippen molar-refractivity contribution in [2.45, 2.75) is 44.3 Å². The highest BCUT2D eigenvalue weighted by Crippen LogP contribution is 2.28. The number of hydrogen-bond acceptors (Lipinski definition) is 2. The molecule has 104 valence electrons. The van der Waals surface area contributed by atoms with Crippen molar-refractivity contribution in [2.75, 3.05) is 0 Å². The van der Waals surface area contributed by atoms with Crippen LogP contribution >= 0.6 is 0 Å². The summed E-state index contributed by atoms with van der Waals surface area (Å²) in [7, 11) is 0. The first-order valence-electron chi connectivity index (χ1n) is 7.34. The van der Waals surface area contributed by atoms with Gasteiger partial charge in [-0.1, -0.05) is 0 Å². The zero-order valence-corrected chi connectivity index (χ0v) is 11.6. The van der Waals surface area contributed by atoms with Crippen LogP contribution in [0.4, 0.5) is 0 Å². The molecule has 4 rings (SSSR count). The van der Waals surface area contributed by atoms with Gasteiger partial charge in [0.1, 0.15) is 0 Å². The summed E-state index contributed by atoms with van der Waals surface area (Å²) in [6, 6.07) is 7.40. The quantitative estimate of drug-likeness (QED) is 0.874. The second-order valence-electron chi connectivity index (χ2n) is 6.13. The van der Waals surface area contributed by atoms with Gasteiger partial charge in [0, 0.05) is 36.0 Å². The first-order chi connectivity index (χ1) is 9.69. The second-order valence-corrected chi connectivity index (χ2v) is 6.13. The van der Waals surface area contributed by atoms with Gasteiger partial charge in [-0.05, 0) is 49.9 Å².